The number of esters is 1. The maximum atomic E-state index is 12.0. The molecule has 6 nitrogen and oxygen atoms in total. The van der Waals surface area contributed by atoms with Gasteiger partial charge in [-0.3, -0.25) is 4.79 Å². The van der Waals surface area contributed by atoms with Crippen molar-refractivity contribution in [2.45, 2.75) is 52.4 Å². The second kappa shape index (κ2) is 8.56. The summed E-state index contributed by atoms with van der Waals surface area (Å²) >= 11 is 0. The van der Waals surface area contributed by atoms with Crippen LogP contribution in [0.2, 0.25) is 0 Å². The zero-order chi connectivity index (χ0) is 17.5. The molecule has 1 rings (SSSR count). The van der Waals surface area contributed by atoms with Gasteiger partial charge in [0.15, 0.2) is 0 Å². The van der Waals surface area contributed by atoms with Gasteiger partial charge >= 0.3 is 5.97 Å². The van der Waals surface area contributed by atoms with Gasteiger partial charge in [-0.15, -0.1) is 0 Å². The van der Waals surface area contributed by atoms with Gasteiger partial charge in [-0.25, -0.2) is 0 Å². The second-order valence-corrected chi connectivity index (χ2v) is 6.34. The van der Waals surface area contributed by atoms with E-state index in [0.717, 1.165) is 16.7 Å². The van der Waals surface area contributed by atoms with E-state index in [4.69, 9.17) is 10.3 Å². The molecule has 0 atom stereocenters. The first-order chi connectivity index (χ1) is 10.8. The maximum absolute atomic E-state index is 12.0. The first-order valence-corrected chi connectivity index (χ1v) is 7.76. The summed E-state index contributed by atoms with van der Waals surface area (Å²) in [6.45, 7) is 8.34. The Morgan fingerprint density at radius 1 is 1.39 bits per heavy atom. The molecule has 1 aromatic carbocycles. The predicted octanol–water partition coefficient (Wildman–Crippen LogP) is 3.96. The fourth-order valence-electron chi connectivity index (χ4n) is 2.79. The molecular weight excluding hydrogens is 294 g/mol. The van der Waals surface area contributed by atoms with Gasteiger partial charge in [0, 0.05) is 30.0 Å². The third-order valence-corrected chi connectivity index (χ3v) is 3.78. The van der Waals surface area contributed by atoms with Crippen LogP contribution in [0.25, 0.3) is 10.4 Å². The lowest BCUT2D eigenvalue weighted by atomic mass is 9.78. The summed E-state index contributed by atoms with van der Waals surface area (Å²) in [7, 11) is 0. The number of azide groups is 1. The van der Waals surface area contributed by atoms with Crippen molar-refractivity contribution in [3.8, 4) is 5.75 Å². The zero-order valence-electron chi connectivity index (χ0n) is 14.3. The Labute approximate surface area is 137 Å². The van der Waals surface area contributed by atoms with E-state index in [2.05, 4.69) is 10.0 Å². The Balaban J connectivity index is 3.00. The van der Waals surface area contributed by atoms with Gasteiger partial charge in [0.05, 0.1) is 0 Å². The number of carbonyl (C=O) groups excluding carboxylic acids is 1. The van der Waals surface area contributed by atoms with Crippen LogP contribution < -0.4 is 4.74 Å². The van der Waals surface area contributed by atoms with Crippen LogP contribution in [0.4, 0.5) is 0 Å². The quantitative estimate of drug-likeness (QED) is 0.196. The number of aryl methyl sites for hydroxylation is 2. The minimum absolute atomic E-state index is 0.0693. The molecule has 0 saturated heterocycles. The van der Waals surface area contributed by atoms with Crippen molar-refractivity contribution in [2.75, 3.05) is 13.2 Å². The summed E-state index contributed by atoms with van der Waals surface area (Å²) in [6, 6.07) is 3.90. The number of nitrogens with zero attached hydrogens (tertiary/aromatic N) is 3. The molecule has 0 heterocycles. The lowest BCUT2D eigenvalue weighted by Gasteiger charge is -2.28. The zero-order valence-corrected chi connectivity index (χ0v) is 14.3. The number of benzene rings is 1. The highest BCUT2D eigenvalue weighted by Gasteiger charge is 2.27. The molecule has 23 heavy (non-hydrogen) atoms. The van der Waals surface area contributed by atoms with Crippen LogP contribution in [0.15, 0.2) is 17.2 Å². The minimum Gasteiger partial charge on any atom is -0.426 e. The van der Waals surface area contributed by atoms with Crippen LogP contribution in [0.1, 0.15) is 49.8 Å². The van der Waals surface area contributed by atoms with Crippen molar-refractivity contribution in [1.82, 2.24) is 0 Å². The average molecular weight is 319 g/mol. The van der Waals surface area contributed by atoms with Gasteiger partial charge in [-0.2, -0.15) is 0 Å². The molecule has 1 aromatic rings. The van der Waals surface area contributed by atoms with E-state index < -0.39 is 0 Å². The minimum atomic E-state index is -0.343. The number of rotatable bonds is 8. The SMILES string of the molecule is Cc1cc(C)c(C(C)(C)CCO)c(OC(=O)CCCN=[N+]=[N-])c1. The first-order valence-electron chi connectivity index (χ1n) is 7.76. The predicted molar refractivity (Wildman–Crippen MR) is 89.5 cm³/mol. The van der Waals surface area contributed by atoms with Crippen LogP contribution in [0, 0.1) is 13.8 Å². The summed E-state index contributed by atoms with van der Waals surface area (Å²) in [6.07, 6.45) is 1.24. The molecule has 0 bridgehead atoms. The van der Waals surface area contributed by atoms with Crippen LogP contribution in [0.5, 0.6) is 5.75 Å². The van der Waals surface area contributed by atoms with E-state index in [1.54, 1.807) is 0 Å². The molecule has 0 fully saturated rings. The van der Waals surface area contributed by atoms with Crippen molar-refractivity contribution >= 4 is 5.97 Å². The number of hydrogen-bond donors (Lipinski definition) is 1. The Morgan fingerprint density at radius 3 is 2.70 bits per heavy atom. The van der Waals surface area contributed by atoms with Gasteiger partial charge in [0.2, 0.25) is 0 Å². The summed E-state index contributed by atoms with van der Waals surface area (Å²) in [4.78, 5) is 14.7. The van der Waals surface area contributed by atoms with E-state index in [1.807, 2.05) is 39.8 Å². The smallest absolute Gasteiger partial charge is 0.311 e. The van der Waals surface area contributed by atoms with E-state index in [-0.39, 0.29) is 31.0 Å². The molecule has 0 aliphatic rings. The highest BCUT2D eigenvalue weighted by Crippen LogP contribution is 2.37. The molecule has 0 amide bonds. The molecule has 0 spiro atoms. The van der Waals surface area contributed by atoms with Crippen LogP contribution in [-0.4, -0.2) is 24.2 Å². The second-order valence-electron chi connectivity index (χ2n) is 6.34. The van der Waals surface area contributed by atoms with Crippen LogP contribution >= 0.6 is 0 Å². The Kier molecular flexibility index (Phi) is 7.07. The molecule has 0 saturated carbocycles. The fraction of sp³-hybridized carbons (Fsp3) is 0.588. The highest BCUT2D eigenvalue weighted by atomic mass is 16.5. The molecule has 6 heteroatoms. The van der Waals surface area contributed by atoms with E-state index in [9.17, 15) is 9.90 Å². The molecule has 126 valence electrons. The Morgan fingerprint density at radius 2 is 2.09 bits per heavy atom. The number of ether oxygens (including phenoxy) is 1. The van der Waals surface area contributed by atoms with E-state index in [0.29, 0.717) is 18.6 Å². The maximum Gasteiger partial charge on any atom is 0.311 e. The number of aliphatic hydroxyl groups excluding tert-OH is 1. The Bertz CT molecular complexity index is 605. The number of hydrogen-bond acceptors (Lipinski definition) is 4. The Hall–Kier alpha value is -2.04. The molecule has 0 radical (unpaired) electrons. The first kappa shape index (κ1) is 19.0. The van der Waals surface area contributed by atoms with Gasteiger partial charge in [-0.05, 0) is 54.8 Å². The van der Waals surface area contributed by atoms with Gasteiger partial charge in [0.1, 0.15) is 5.75 Å². The molecular formula is C17H25N3O3. The van der Waals surface area contributed by atoms with E-state index in [1.165, 1.54) is 0 Å². The van der Waals surface area contributed by atoms with E-state index >= 15 is 0 Å². The summed E-state index contributed by atoms with van der Waals surface area (Å²) in [5, 5.41) is 12.7. The van der Waals surface area contributed by atoms with Crippen molar-refractivity contribution in [3.05, 3.63) is 39.3 Å². The van der Waals surface area contributed by atoms with Gasteiger partial charge in [0.25, 0.3) is 0 Å². The molecule has 0 unspecified atom stereocenters. The standard InChI is InChI=1S/C17H25N3O3/c1-12-10-13(2)16(17(3,4)7-9-21)14(11-12)23-15(22)6-5-8-19-20-18/h10-11,21H,5-9H2,1-4H3. The molecule has 0 aliphatic carbocycles. The fourth-order valence-corrected chi connectivity index (χ4v) is 2.79. The van der Waals surface area contributed by atoms with Crippen molar-refractivity contribution < 1.29 is 14.6 Å². The van der Waals surface area contributed by atoms with Crippen molar-refractivity contribution in [3.63, 3.8) is 0 Å². The summed E-state index contributed by atoms with van der Waals surface area (Å²) in [5.74, 6) is 0.207. The molecule has 0 aliphatic heterocycles. The third-order valence-electron chi connectivity index (χ3n) is 3.78. The lowest BCUT2D eigenvalue weighted by Crippen LogP contribution is -2.23. The van der Waals surface area contributed by atoms with Gasteiger partial charge < -0.3 is 9.84 Å². The monoisotopic (exact) mass is 319 g/mol. The van der Waals surface area contributed by atoms with Crippen LogP contribution in [0.3, 0.4) is 0 Å². The normalized spacial score (nSPS) is 11.0. The van der Waals surface area contributed by atoms with Crippen molar-refractivity contribution in [2.24, 2.45) is 5.11 Å². The largest absolute Gasteiger partial charge is 0.426 e. The van der Waals surface area contributed by atoms with Crippen LogP contribution in [-0.2, 0) is 10.2 Å². The molecule has 1 N–H and O–H groups in total. The highest BCUT2D eigenvalue weighted by molar-refractivity contribution is 5.73. The number of aliphatic hydroxyl groups is 1. The molecule has 0 aromatic heterocycles. The van der Waals surface area contributed by atoms with Crippen molar-refractivity contribution in [1.29, 1.82) is 0 Å². The average Bonchev–Trinajstić information content (AvgIpc) is 2.42. The lowest BCUT2D eigenvalue weighted by molar-refractivity contribution is -0.134. The topological polar surface area (TPSA) is 95.3 Å². The summed E-state index contributed by atoms with van der Waals surface area (Å²) < 4.78 is 5.56. The number of carbonyl (C=O) groups is 1. The summed E-state index contributed by atoms with van der Waals surface area (Å²) in [5.41, 5.74) is 10.9. The third kappa shape index (κ3) is 5.58. The van der Waals surface area contributed by atoms with Gasteiger partial charge in [-0.1, -0.05) is 25.0 Å².